The molecule has 0 aromatic rings. The fraction of sp³-hybridized carbons (Fsp3) is 0.733. The van der Waals surface area contributed by atoms with Crippen LogP contribution in [-0.4, -0.2) is 32.2 Å². The van der Waals surface area contributed by atoms with E-state index in [0.717, 1.165) is 44.9 Å². The van der Waals surface area contributed by atoms with Gasteiger partial charge in [0.15, 0.2) is 6.29 Å². The minimum Gasteiger partial charge on any atom is -0.396 e. The van der Waals surface area contributed by atoms with Gasteiger partial charge in [0.1, 0.15) is 0 Å². The highest BCUT2D eigenvalue weighted by molar-refractivity contribution is 5.02. The number of aliphatic hydroxyl groups is 1. The fourth-order valence-electron chi connectivity index (χ4n) is 1.63. The van der Waals surface area contributed by atoms with Gasteiger partial charge in [0.25, 0.3) is 0 Å². The molecule has 3 heteroatoms. The van der Waals surface area contributed by atoms with Crippen molar-refractivity contribution < 1.29 is 14.6 Å². The van der Waals surface area contributed by atoms with E-state index in [-0.39, 0.29) is 6.29 Å². The molecule has 0 rings (SSSR count). The van der Waals surface area contributed by atoms with Crippen LogP contribution >= 0.6 is 0 Å². The van der Waals surface area contributed by atoms with E-state index in [1.54, 1.807) is 14.2 Å². The number of methoxy groups -OCH3 is 2. The minimum atomic E-state index is -0.0552. The molecule has 0 unspecified atom stereocenters. The van der Waals surface area contributed by atoms with Gasteiger partial charge in [-0.25, -0.2) is 0 Å². The lowest BCUT2D eigenvalue weighted by Gasteiger charge is -2.11. The normalized spacial score (nSPS) is 12.2. The molecule has 0 amide bonds. The maximum absolute atomic E-state index is 8.61. The fourth-order valence-corrected chi connectivity index (χ4v) is 1.63. The van der Waals surface area contributed by atoms with Gasteiger partial charge in [0.2, 0.25) is 0 Å². The van der Waals surface area contributed by atoms with Crippen molar-refractivity contribution in [1.82, 2.24) is 0 Å². The Bertz CT molecular complexity index is 208. The topological polar surface area (TPSA) is 38.7 Å². The third-order valence-corrected chi connectivity index (χ3v) is 2.75. The first-order valence-electron chi connectivity index (χ1n) is 6.83. The van der Waals surface area contributed by atoms with E-state index < -0.39 is 0 Å². The molecular weight excluding hydrogens is 228 g/mol. The SMILES string of the molecule is COC(CCCC/C=C/C=C/CCCCO)OC. The molecular formula is C15H28O3. The lowest BCUT2D eigenvalue weighted by Crippen LogP contribution is -2.12. The highest BCUT2D eigenvalue weighted by Gasteiger charge is 2.02. The van der Waals surface area contributed by atoms with Crippen LogP contribution in [-0.2, 0) is 9.47 Å². The van der Waals surface area contributed by atoms with Crippen molar-refractivity contribution in [3.05, 3.63) is 24.3 Å². The average molecular weight is 256 g/mol. The Hall–Kier alpha value is -0.640. The highest BCUT2D eigenvalue weighted by Crippen LogP contribution is 2.07. The third kappa shape index (κ3) is 11.8. The molecule has 0 aliphatic carbocycles. The molecule has 0 spiro atoms. The second-order valence-electron chi connectivity index (χ2n) is 4.26. The van der Waals surface area contributed by atoms with Gasteiger partial charge in [-0.15, -0.1) is 0 Å². The zero-order valence-corrected chi connectivity index (χ0v) is 11.8. The van der Waals surface area contributed by atoms with E-state index in [1.165, 1.54) is 0 Å². The molecule has 1 N–H and O–H groups in total. The summed E-state index contributed by atoms with van der Waals surface area (Å²) >= 11 is 0. The summed E-state index contributed by atoms with van der Waals surface area (Å²) in [6, 6.07) is 0. The largest absolute Gasteiger partial charge is 0.396 e. The predicted molar refractivity (Wildman–Crippen MR) is 75.5 cm³/mol. The van der Waals surface area contributed by atoms with E-state index in [4.69, 9.17) is 14.6 Å². The number of ether oxygens (including phenoxy) is 2. The smallest absolute Gasteiger partial charge is 0.156 e. The van der Waals surface area contributed by atoms with Crippen molar-refractivity contribution in [3.8, 4) is 0 Å². The molecule has 0 bridgehead atoms. The van der Waals surface area contributed by atoms with Gasteiger partial charge in [-0.3, -0.25) is 0 Å². The van der Waals surface area contributed by atoms with Crippen molar-refractivity contribution in [1.29, 1.82) is 0 Å². The number of hydrogen-bond acceptors (Lipinski definition) is 3. The number of aliphatic hydroxyl groups excluding tert-OH is 1. The second-order valence-corrected chi connectivity index (χ2v) is 4.26. The Labute approximate surface area is 111 Å². The van der Waals surface area contributed by atoms with E-state index in [1.807, 2.05) is 0 Å². The zero-order chi connectivity index (χ0) is 13.5. The summed E-state index contributed by atoms with van der Waals surface area (Å²) in [7, 11) is 3.35. The van der Waals surface area contributed by atoms with E-state index in [9.17, 15) is 0 Å². The molecule has 0 aromatic heterocycles. The maximum Gasteiger partial charge on any atom is 0.156 e. The van der Waals surface area contributed by atoms with Gasteiger partial charge in [-0.05, 0) is 44.9 Å². The van der Waals surface area contributed by atoms with Gasteiger partial charge in [-0.2, -0.15) is 0 Å². The molecule has 0 aliphatic rings. The molecule has 0 aromatic carbocycles. The van der Waals surface area contributed by atoms with E-state index in [2.05, 4.69) is 24.3 Å². The van der Waals surface area contributed by atoms with Crippen molar-refractivity contribution in [3.63, 3.8) is 0 Å². The van der Waals surface area contributed by atoms with Crippen LogP contribution in [0.2, 0.25) is 0 Å². The van der Waals surface area contributed by atoms with Crippen LogP contribution < -0.4 is 0 Å². The first-order chi connectivity index (χ1) is 8.85. The summed E-state index contributed by atoms with van der Waals surface area (Å²) in [6.07, 6.45) is 15.8. The number of allylic oxidation sites excluding steroid dienone is 4. The molecule has 0 heterocycles. The molecule has 0 saturated heterocycles. The lowest BCUT2D eigenvalue weighted by atomic mass is 10.2. The summed E-state index contributed by atoms with van der Waals surface area (Å²) in [5.74, 6) is 0. The summed E-state index contributed by atoms with van der Waals surface area (Å²) < 4.78 is 10.2. The van der Waals surface area contributed by atoms with Crippen LogP contribution in [0.4, 0.5) is 0 Å². The van der Waals surface area contributed by atoms with Crippen molar-refractivity contribution in [2.75, 3.05) is 20.8 Å². The molecule has 106 valence electrons. The number of rotatable bonds is 12. The highest BCUT2D eigenvalue weighted by atomic mass is 16.7. The number of unbranched alkanes of at least 4 members (excludes halogenated alkanes) is 4. The van der Waals surface area contributed by atoms with Gasteiger partial charge < -0.3 is 14.6 Å². The summed E-state index contributed by atoms with van der Waals surface area (Å²) in [4.78, 5) is 0. The lowest BCUT2D eigenvalue weighted by molar-refractivity contribution is -0.107. The first kappa shape index (κ1) is 17.4. The third-order valence-electron chi connectivity index (χ3n) is 2.75. The molecule has 0 aliphatic heterocycles. The Balaban J connectivity index is 3.32. The van der Waals surface area contributed by atoms with Crippen LogP contribution in [0.1, 0.15) is 44.9 Å². The molecule has 3 nitrogen and oxygen atoms in total. The van der Waals surface area contributed by atoms with E-state index in [0.29, 0.717) is 6.61 Å². The number of hydrogen-bond donors (Lipinski definition) is 1. The monoisotopic (exact) mass is 256 g/mol. The summed E-state index contributed by atoms with van der Waals surface area (Å²) in [5.41, 5.74) is 0. The van der Waals surface area contributed by atoms with Crippen molar-refractivity contribution in [2.24, 2.45) is 0 Å². The van der Waals surface area contributed by atoms with Crippen LogP contribution in [0.15, 0.2) is 24.3 Å². The van der Waals surface area contributed by atoms with E-state index >= 15 is 0 Å². The maximum atomic E-state index is 8.61. The predicted octanol–water partition coefficient (Wildman–Crippen LogP) is 3.44. The van der Waals surface area contributed by atoms with Crippen LogP contribution in [0.5, 0.6) is 0 Å². The zero-order valence-electron chi connectivity index (χ0n) is 11.8. The Morgan fingerprint density at radius 1 is 0.889 bits per heavy atom. The minimum absolute atomic E-state index is 0.0552. The van der Waals surface area contributed by atoms with Gasteiger partial charge in [-0.1, -0.05) is 24.3 Å². The Morgan fingerprint density at radius 2 is 1.44 bits per heavy atom. The quantitative estimate of drug-likeness (QED) is 0.330. The van der Waals surface area contributed by atoms with Gasteiger partial charge in [0, 0.05) is 20.8 Å². The van der Waals surface area contributed by atoms with Crippen LogP contribution in [0, 0.1) is 0 Å². The molecule has 0 saturated carbocycles. The van der Waals surface area contributed by atoms with Gasteiger partial charge in [0.05, 0.1) is 0 Å². The summed E-state index contributed by atoms with van der Waals surface area (Å²) in [5, 5.41) is 8.61. The van der Waals surface area contributed by atoms with Crippen molar-refractivity contribution >= 4 is 0 Å². The average Bonchev–Trinajstić information content (AvgIpc) is 2.40. The van der Waals surface area contributed by atoms with Crippen LogP contribution in [0.25, 0.3) is 0 Å². The molecule has 0 atom stereocenters. The summed E-state index contributed by atoms with van der Waals surface area (Å²) in [6.45, 7) is 0.299. The Morgan fingerprint density at radius 3 is 1.94 bits per heavy atom. The molecule has 18 heavy (non-hydrogen) atoms. The van der Waals surface area contributed by atoms with Gasteiger partial charge >= 0.3 is 0 Å². The second kappa shape index (κ2) is 14.4. The molecule has 0 radical (unpaired) electrons. The first-order valence-corrected chi connectivity index (χ1v) is 6.83. The van der Waals surface area contributed by atoms with Crippen molar-refractivity contribution in [2.45, 2.75) is 51.2 Å². The standard InChI is InChI=1S/C15H28O3/c1-17-15(18-2)13-11-9-7-5-3-4-6-8-10-12-14-16/h3-6,15-16H,7-14H2,1-2H3/b5-3+,6-4+. The van der Waals surface area contributed by atoms with Crippen LogP contribution in [0.3, 0.4) is 0 Å². The Kier molecular flexibility index (Phi) is 13.9. The molecule has 0 fully saturated rings.